The molecule has 0 unspecified atom stereocenters. The fourth-order valence-electron chi connectivity index (χ4n) is 0. The molecule has 0 amide bonds. The van der Waals surface area contributed by atoms with Crippen molar-refractivity contribution in [3.8, 4) is 0 Å². The van der Waals surface area contributed by atoms with E-state index in [9.17, 15) is 0 Å². The minimum absolute atomic E-state index is 0.874. The Hall–Kier alpha value is 0.137. The molecule has 0 saturated heterocycles. The highest BCUT2D eigenvalue weighted by Crippen LogP contribution is 1.66. The van der Waals surface area contributed by atoms with Gasteiger partial charge >= 0.3 is 0 Å². The maximum atomic E-state index is 5.17. The van der Waals surface area contributed by atoms with Crippen LogP contribution in [0.25, 0.3) is 0 Å². The van der Waals surface area contributed by atoms with Crippen LogP contribution >= 0.6 is 0 Å². The molecule has 0 saturated carbocycles. The van der Waals surface area contributed by atoms with E-state index in [1.165, 1.54) is 0 Å². The summed E-state index contributed by atoms with van der Waals surface area (Å²) in [6.07, 6.45) is 0. The number of rotatable bonds is 1. The highest BCUT2D eigenvalue weighted by molar-refractivity contribution is 6.51. The van der Waals surface area contributed by atoms with Crippen molar-refractivity contribution in [1.82, 2.24) is 0 Å². The van der Waals surface area contributed by atoms with Crippen molar-refractivity contribution in [2.24, 2.45) is 10.8 Å². The predicted octanol–water partition coefficient (Wildman–Crippen LogP) is -0.588. The first-order valence-corrected chi connectivity index (χ1v) is 3.50. The maximum absolute atomic E-state index is 5.17. The third-order valence-corrected chi connectivity index (χ3v) is 1.22. The molecule has 0 aromatic heterocycles. The molecule has 5 heavy (non-hydrogen) atoms. The van der Waals surface area contributed by atoms with Crippen LogP contribution in [0.5, 0.6) is 0 Å². The summed E-state index contributed by atoms with van der Waals surface area (Å²) >= 11 is 0. The third-order valence-electron chi connectivity index (χ3n) is 0.408. The van der Waals surface area contributed by atoms with Crippen molar-refractivity contribution in [2.45, 2.75) is 13.0 Å². The number of nitrogens with two attached hydrogens (primary N) is 2. The van der Waals surface area contributed by atoms with Gasteiger partial charge in [0.25, 0.3) is 0 Å². The lowest BCUT2D eigenvalue weighted by Gasteiger charge is -1.87. The molecule has 31 valence electrons. The second kappa shape index (κ2) is 2.38. The summed E-state index contributed by atoms with van der Waals surface area (Å²) < 4.78 is 0. The van der Waals surface area contributed by atoms with Gasteiger partial charge in [0, 0.05) is 0 Å². The van der Waals surface area contributed by atoms with Gasteiger partial charge in [-0.05, 0) is 6.04 Å². The Morgan fingerprint density at radius 2 is 1.80 bits per heavy atom. The molecule has 0 aromatic carbocycles. The maximum Gasteiger partial charge on any atom is 0.217 e. The molecule has 1 radical (unpaired) electrons. The predicted molar refractivity (Wildman–Crippen MR) is 24.6 cm³/mol. The van der Waals surface area contributed by atoms with Crippen molar-refractivity contribution in [3.63, 3.8) is 0 Å². The first-order chi connectivity index (χ1) is 2.27. The van der Waals surface area contributed by atoms with Gasteiger partial charge in [-0.15, -0.1) is 0 Å². The minimum Gasteiger partial charge on any atom is -0.339 e. The van der Waals surface area contributed by atoms with Crippen molar-refractivity contribution >= 4 is 9.12 Å². The van der Waals surface area contributed by atoms with Crippen molar-refractivity contribution in [3.05, 3.63) is 0 Å². The Bertz CT molecular complexity index is 21.6. The molecule has 0 fully saturated rings. The topological polar surface area (TPSA) is 52.0 Å². The van der Waals surface area contributed by atoms with Crippen LogP contribution in [0.1, 0.15) is 6.92 Å². The van der Waals surface area contributed by atoms with Crippen molar-refractivity contribution in [2.75, 3.05) is 0 Å². The van der Waals surface area contributed by atoms with Gasteiger partial charge in [0.2, 0.25) is 9.12 Å². The first kappa shape index (κ1) is 5.14. The molecule has 0 aliphatic heterocycles. The molecule has 0 heterocycles. The second-order valence-electron chi connectivity index (χ2n) is 0.928. The summed E-state index contributed by atoms with van der Waals surface area (Å²) in [6, 6.07) is 0.963. The van der Waals surface area contributed by atoms with Gasteiger partial charge in [-0.2, -0.15) is 0 Å². The molecule has 0 spiro atoms. The highest BCUT2D eigenvalue weighted by atomic mass is 28.3. The molecule has 0 bridgehead atoms. The lowest BCUT2D eigenvalue weighted by atomic mass is 11.0. The van der Waals surface area contributed by atoms with E-state index in [1.54, 1.807) is 0 Å². The highest BCUT2D eigenvalue weighted by Gasteiger charge is 1.86. The Balaban J connectivity index is 2.54. The number of hydrogen-bond donors (Lipinski definition) is 2. The molecule has 0 aliphatic carbocycles. The van der Waals surface area contributed by atoms with E-state index in [4.69, 9.17) is 10.8 Å². The van der Waals surface area contributed by atoms with E-state index >= 15 is 0 Å². The summed E-state index contributed by atoms with van der Waals surface area (Å²) in [6.45, 7) is 1.99. The van der Waals surface area contributed by atoms with Crippen LogP contribution in [0.3, 0.4) is 0 Å². The normalized spacial score (nSPS) is 9.60. The van der Waals surface area contributed by atoms with E-state index in [-0.39, 0.29) is 0 Å². The zero-order valence-electron chi connectivity index (χ0n) is 3.36. The fraction of sp³-hybridized carbons (Fsp3) is 1.00. The molecule has 0 aromatic rings. The molecule has 0 rings (SSSR count). The zero-order chi connectivity index (χ0) is 4.28. The zero-order valence-corrected chi connectivity index (χ0v) is 4.36. The lowest BCUT2D eigenvalue weighted by Crippen LogP contribution is -2.35. The summed E-state index contributed by atoms with van der Waals surface area (Å²) in [5.74, 6) is 0. The van der Waals surface area contributed by atoms with Crippen LogP contribution in [-0.4, -0.2) is 9.12 Å². The van der Waals surface area contributed by atoms with Crippen LogP contribution in [0.2, 0.25) is 6.04 Å². The average Bonchev–Trinajstić information content (AvgIpc) is 1.38. The van der Waals surface area contributed by atoms with E-state index in [1.807, 2.05) is 6.92 Å². The van der Waals surface area contributed by atoms with Crippen LogP contribution in [0.4, 0.5) is 0 Å². The summed E-state index contributed by atoms with van der Waals surface area (Å²) in [5, 5.41) is 10.3. The van der Waals surface area contributed by atoms with Crippen molar-refractivity contribution in [1.29, 1.82) is 0 Å². The quantitative estimate of drug-likeness (QED) is 0.422. The van der Waals surface area contributed by atoms with Crippen LogP contribution in [0, 0.1) is 0 Å². The molecule has 2 nitrogen and oxygen atoms in total. The van der Waals surface area contributed by atoms with Crippen LogP contribution in [0.15, 0.2) is 0 Å². The molecule has 4 N–H and O–H groups in total. The van der Waals surface area contributed by atoms with Gasteiger partial charge in [-0.1, -0.05) is 6.92 Å². The summed E-state index contributed by atoms with van der Waals surface area (Å²) in [4.78, 5) is 0. The summed E-state index contributed by atoms with van der Waals surface area (Å²) in [5.41, 5.74) is 0. The molecular formula is C2H9N2Si. The SMILES string of the molecule is CC[Si](N)N. The molecule has 0 atom stereocenters. The van der Waals surface area contributed by atoms with E-state index < -0.39 is 9.12 Å². The van der Waals surface area contributed by atoms with E-state index in [2.05, 4.69) is 0 Å². The third kappa shape index (κ3) is 4.14. The molecular weight excluding hydrogens is 80.1 g/mol. The lowest BCUT2D eigenvalue weighted by molar-refractivity contribution is 1.36. The van der Waals surface area contributed by atoms with Gasteiger partial charge in [0.15, 0.2) is 0 Å². The largest absolute Gasteiger partial charge is 0.339 e. The Kier molecular flexibility index (Phi) is 2.44. The van der Waals surface area contributed by atoms with Crippen LogP contribution < -0.4 is 10.8 Å². The number of hydrogen-bond acceptors (Lipinski definition) is 2. The second-order valence-corrected chi connectivity index (χ2v) is 2.79. The Morgan fingerprint density at radius 3 is 1.80 bits per heavy atom. The summed E-state index contributed by atoms with van der Waals surface area (Å²) in [7, 11) is -0.874. The van der Waals surface area contributed by atoms with E-state index in [0.29, 0.717) is 0 Å². The molecule has 0 aliphatic rings. The molecule has 3 heteroatoms. The first-order valence-electron chi connectivity index (χ1n) is 1.64. The smallest absolute Gasteiger partial charge is 0.217 e. The standard InChI is InChI=1S/C2H9N2Si/c1-2-5(3)4/h2-4H2,1H3. The Morgan fingerprint density at radius 1 is 1.60 bits per heavy atom. The fourth-order valence-corrected chi connectivity index (χ4v) is 0. The van der Waals surface area contributed by atoms with Crippen LogP contribution in [-0.2, 0) is 0 Å². The van der Waals surface area contributed by atoms with Gasteiger partial charge in [-0.25, -0.2) is 0 Å². The average molecular weight is 89.2 g/mol. The van der Waals surface area contributed by atoms with Crippen molar-refractivity contribution < 1.29 is 0 Å². The van der Waals surface area contributed by atoms with Gasteiger partial charge < -0.3 is 10.8 Å². The monoisotopic (exact) mass is 89.1 g/mol. The Labute approximate surface area is 33.9 Å². The van der Waals surface area contributed by atoms with E-state index in [0.717, 1.165) is 6.04 Å². The van der Waals surface area contributed by atoms with Gasteiger partial charge in [0.05, 0.1) is 0 Å². The van der Waals surface area contributed by atoms with Gasteiger partial charge in [-0.3, -0.25) is 0 Å². The minimum atomic E-state index is -0.874. The van der Waals surface area contributed by atoms with Gasteiger partial charge in [0.1, 0.15) is 0 Å².